The van der Waals surface area contributed by atoms with Gasteiger partial charge in [0.2, 0.25) is 0 Å². The van der Waals surface area contributed by atoms with E-state index in [9.17, 15) is 0 Å². The lowest BCUT2D eigenvalue weighted by molar-refractivity contribution is 0.271. The fourth-order valence-electron chi connectivity index (χ4n) is 0.700. The van der Waals surface area contributed by atoms with Crippen LogP contribution in [0.1, 0.15) is 23.5 Å². The molecular weight excluding hydrogens is 146 g/mol. The first-order valence-corrected chi connectivity index (χ1v) is 4.15. The fourth-order valence-corrected chi connectivity index (χ4v) is 1.43. The normalized spacial score (nSPS) is 13.5. The number of aliphatic hydroxyl groups is 1. The lowest BCUT2D eigenvalue weighted by atomic mass is 10.1. The highest BCUT2D eigenvalue weighted by atomic mass is 32.1. The molecule has 0 spiro atoms. The molecule has 0 radical (unpaired) electrons. The number of aryl methyl sites for hydroxylation is 1. The number of aromatic nitrogens is 1. The van der Waals surface area contributed by atoms with Gasteiger partial charge in [0.25, 0.3) is 0 Å². The maximum absolute atomic E-state index is 8.76. The van der Waals surface area contributed by atoms with Gasteiger partial charge in [-0.3, -0.25) is 0 Å². The number of thiazole rings is 1. The van der Waals surface area contributed by atoms with Gasteiger partial charge in [0.05, 0.1) is 17.3 Å². The third-order valence-electron chi connectivity index (χ3n) is 1.42. The quantitative estimate of drug-likeness (QED) is 0.706. The first-order chi connectivity index (χ1) is 4.74. The molecule has 1 aromatic heterocycles. The molecule has 0 bridgehead atoms. The van der Waals surface area contributed by atoms with E-state index in [1.165, 1.54) is 0 Å². The molecule has 1 rings (SSSR count). The highest BCUT2D eigenvalue weighted by molar-refractivity contribution is 7.09. The highest BCUT2D eigenvalue weighted by Gasteiger charge is 2.05. The molecule has 10 heavy (non-hydrogen) atoms. The summed E-state index contributed by atoms with van der Waals surface area (Å²) in [5, 5.41) is 11.8. The summed E-state index contributed by atoms with van der Waals surface area (Å²) in [6, 6.07) is 0. The zero-order valence-corrected chi connectivity index (χ0v) is 6.98. The Morgan fingerprint density at radius 2 is 2.50 bits per heavy atom. The van der Waals surface area contributed by atoms with E-state index in [0.29, 0.717) is 0 Å². The second-order valence-electron chi connectivity index (χ2n) is 2.38. The molecule has 3 heteroatoms. The Kier molecular flexibility index (Phi) is 2.40. The lowest BCUT2D eigenvalue weighted by Gasteiger charge is -2.00. The van der Waals surface area contributed by atoms with E-state index in [2.05, 4.69) is 4.98 Å². The predicted molar refractivity (Wildman–Crippen MR) is 42.4 cm³/mol. The summed E-state index contributed by atoms with van der Waals surface area (Å²) in [6.07, 6.45) is 0. The molecule has 1 unspecified atom stereocenters. The Morgan fingerprint density at radius 3 is 2.90 bits per heavy atom. The van der Waals surface area contributed by atoms with E-state index in [0.717, 1.165) is 10.7 Å². The van der Waals surface area contributed by atoms with Gasteiger partial charge in [-0.1, -0.05) is 6.92 Å². The number of hydrogen-bond acceptors (Lipinski definition) is 3. The van der Waals surface area contributed by atoms with Gasteiger partial charge in [-0.05, 0) is 6.92 Å². The molecule has 0 amide bonds. The van der Waals surface area contributed by atoms with E-state index < -0.39 is 0 Å². The minimum absolute atomic E-state index is 0.184. The Bertz CT molecular complexity index is 209. The molecule has 0 aliphatic heterocycles. The van der Waals surface area contributed by atoms with Crippen LogP contribution in [0.5, 0.6) is 0 Å². The molecule has 1 atom stereocenters. The maximum Gasteiger partial charge on any atom is 0.0897 e. The largest absolute Gasteiger partial charge is 0.396 e. The zero-order chi connectivity index (χ0) is 7.56. The van der Waals surface area contributed by atoms with Crippen LogP contribution in [-0.4, -0.2) is 16.7 Å². The summed E-state index contributed by atoms with van der Waals surface area (Å²) in [7, 11) is 0. The van der Waals surface area contributed by atoms with Crippen molar-refractivity contribution in [3.8, 4) is 0 Å². The van der Waals surface area contributed by atoms with Gasteiger partial charge in [-0.25, -0.2) is 4.98 Å². The second-order valence-corrected chi connectivity index (χ2v) is 3.44. The molecule has 0 saturated carbocycles. The van der Waals surface area contributed by atoms with Crippen molar-refractivity contribution in [1.82, 2.24) is 4.98 Å². The standard InChI is InChI=1S/C7H11NOS/c1-5(3-9)7-4-10-6(2)8-7/h4-5,9H,3H2,1-2H3. The van der Waals surface area contributed by atoms with Gasteiger partial charge in [0, 0.05) is 11.3 Å². The summed E-state index contributed by atoms with van der Waals surface area (Å²) >= 11 is 1.63. The van der Waals surface area contributed by atoms with Crippen LogP contribution in [0.4, 0.5) is 0 Å². The molecule has 1 aromatic rings. The molecule has 0 aromatic carbocycles. The van der Waals surface area contributed by atoms with Crippen molar-refractivity contribution in [2.45, 2.75) is 19.8 Å². The molecule has 2 nitrogen and oxygen atoms in total. The molecule has 56 valence electrons. The van der Waals surface area contributed by atoms with Gasteiger partial charge >= 0.3 is 0 Å². The summed E-state index contributed by atoms with van der Waals surface area (Å²) in [6.45, 7) is 4.12. The topological polar surface area (TPSA) is 33.1 Å². The van der Waals surface area contributed by atoms with Crippen LogP contribution >= 0.6 is 11.3 Å². The van der Waals surface area contributed by atoms with Crippen LogP contribution in [0.3, 0.4) is 0 Å². The van der Waals surface area contributed by atoms with Crippen LogP contribution < -0.4 is 0 Å². The molecular formula is C7H11NOS. The Balaban J connectivity index is 2.74. The number of hydrogen-bond donors (Lipinski definition) is 1. The number of nitrogens with zero attached hydrogens (tertiary/aromatic N) is 1. The Morgan fingerprint density at radius 1 is 1.80 bits per heavy atom. The van der Waals surface area contributed by atoms with Gasteiger partial charge in [-0.2, -0.15) is 0 Å². The Hall–Kier alpha value is -0.410. The lowest BCUT2D eigenvalue weighted by Crippen LogP contribution is -1.98. The van der Waals surface area contributed by atoms with Gasteiger partial charge in [0.1, 0.15) is 0 Å². The van der Waals surface area contributed by atoms with Gasteiger partial charge < -0.3 is 5.11 Å². The summed E-state index contributed by atoms with van der Waals surface area (Å²) in [5.74, 6) is 0.185. The molecule has 0 fully saturated rings. The van der Waals surface area contributed by atoms with Crippen molar-refractivity contribution in [2.75, 3.05) is 6.61 Å². The van der Waals surface area contributed by atoms with Gasteiger partial charge in [-0.15, -0.1) is 11.3 Å². The van der Waals surface area contributed by atoms with Crippen molar-refractivity contribution >= 4 is 11.3 Å². The van der Waals surface area contributed by atoms with E-state index >= 15 is 0 Å². The third kappa shape index (κ3) is 1.55. The minimum Gasteiger partial charge on any atom is -0.396 e. The van der Waals surface area contributed by atoms with Crippen molar-refractivity contribution in [2.24, 2.45) is 0 Å². The molecule has 0 saturated heterocycles. The average molecular weight is 157 g/mol. The first kappa shape index (κ1) is 7.69. The first-order valence-electron chi connectivity index (χ1n) is 3.27. The van der Waals surface area contributed by atoms with Crippen molar-refractivity contribution in [1.29, 1.82) is 0 Å². The predicted octanol–water partition coefficient (Wildman–Crippen LogP) is 1.55. The number of aliphatic hydroxyl groups excluding tert-OH is 1. The monoisotopic (exact) mass is 157 g/mol. The van der Waals surface area contributed by atoms with Crippen molar-refractivity contribution in [3.05, 3.63) is 16.1 Å². The van der Waals surface area contributed by atoms with Crippen LogP contribution in [-0.2, 0) is 0 Å². The minimum atomic E-state index is 0.184. The van der Waals surface area contributed by atoms with Crippen LogP contribution in [0, 0.1) is 6.92 Å². The zero-order valence-electron chi connectivity index (χ0n) is 6.16. The smallest absolute Gasteiger partial charge is 0.0897 e. The van der Waals surface area contributed by atoms with Crippen molar-refractivity contribution in [3.63, 3.8) is 0 Å². The molecule has 1 heterocycles. The van der Waals surface area contributed by atoms with E-state index in [1.807, 2.05) is 19.2 Å². The summed E-state index contributed by atoms with van der Waals surface area (Å²) in [5.41, 5.74) is 1.00. The molecule has 0 aliphatic rings. The van der Waals surface area contributed by atoms with Crippen LogP contribution in [0.25, 0.3) is 0 Å². The fraction of sp³-hybridized carbons (Fsp3) is 0.571. The van der Waals surface area contributed by atoms with Crippen molar-refractivity contribution < 1.29 is 5.11 Å². The maximum atomic E-state index is 8.76. The Labute approximate surface area is 64.5 Å². The highest BCUT2D eigenvalue weighted by Crippen LogP contribution is 2.16. The molecule has 0 aliphatic carbocycles. The van der Waals surface area contributed by atoms with Gasteiger partial charge in [0.15, 0.2) is 0 Å². The summed E-state index contributed by atoms with van der Waals surface area (Å²) in [4.78, 5) is 4.24. The van der Waals surface area contributed by atoms with E-state index in [1.54, 1.807) is 11.3 Å². The third-order valence-corrected chi connectivity index (χ3v) is 2.21. The number of rotatable bonds is 2. The summed E-state index contributed by atoms with van der Waals surface area (Å²) < 4.78 is 0. The van der Waals surface area contributed by atoms with Crippen LogP contribution in [0.2, 0.25) is 0 Å². The van der Waals surface area contributed by atoms with E-state index in [-0.39, 0.29) is 12.5 Å². The van der Waals surface area contributed by atoms with E-state index in [4.69, 9.17) is 5.11 Å². The average Bonchev–Trinajstić information content (AvgIpc) is 2.34. The second kappa shape index (κ2) is 3.12. The molecule has 1 N–H and O–H groups in total. The van der Waals surface area contributed by atoms with Crippen LogP contribution in [0.15, 0.2) is 5.38 Å². The SMILES string of the molecule is Cc1nc(C(C)CO)cs1.